The van der Waals surface area contributed by atoms with E-state index in [1.165, 1.54) is 24.1 Å². The molecule has 0 fully saturated rings. The molecular formula is C19H27NO. The molecule has 2 nitrogen and oxygen atoms in total. The van der Waals surface area contributed by atoms with Crippen LogP contribution in [0.1, 0.15) is 45.1 Å². The van der Waals surface area contributed by atoms with Crippen molar-refractivity contribution in [3.05, 3.63) is 42.0 Å². The number of ether oxygens (including phenoxy) is 1. The zero-order valence-electron chi connectivity index (χ0n) is 13.3. The molecule has 0 aromatic heterocycles. The molecule has 1 aliphatic heterocycles. The van der Waals surface area contributed by atoms with E-state index < -0.39 is 0 Å². The lowest BCUT2D eigenvalue weighted by atomic mass is 9.92. The summed E-state index contributed by atoms with van der Waals surface area (Å²) in [6, 6.07) is 9.49. The molecule has 21 heavy (non-hydrogen) atoms. The molecular weight excluding hydrogens is 258 g/mol. The van der Waals surface area contributed by atoms with Gasteiger partial charge in [0.2, 0.25) is 0 Å². The fraction of sp³-hybridized carbons (Fsp3) is 0.579. The second-order valence-electron chi connectivity index (χ2n) is 6.35. The number of para-hydroxylation sites is 1. The molecule has 0 N–H and O–H groups in total. The van der Waals surface area contributed by atoms with Crippen LogP contribution in [0.2, 0.25) is 0 Å². The van der Waals surface area contributed by atoms with Crippen molar-refractivity contribution in [1.29, 1.82) is 0 Å². The minimum Gasteiger partial charge on any atom is -0.375 e. The molecule has 0 amide bonds. The van der Waals surface area contributed by atoms with E-state index in [0.717, 1.165) is 25.8 Å². The second kappa shape index (κ2) is 6.65. The van der Waals surface area contributed by atoms with Gasteiger partial charge < -0.3 is 9.64 Å². The number of benzene rings is 1. The summed E-state index contributed by atoms with van der Waals surface area (Å²) in [6.07, 6.45) is 11.0. The Labute approximate surface area is 128 Å². The van der Waals surface area contributed by atoms with Crippen LogP contribution in [0.25, 0.3) is 0 Å². The molecule has 1 aromatic rings. The Kier molecular flexibility index (Phi) is 4.64. The van der Waals surface area contributed by atoms with E-state index in [1.54, 1.807) is 0 Å². The first kappa shape index (κ1) is 14.6. The van der Waals surface area contributed by atoms with E-state index in [1.807, 2.05) is 0 Å². The van der Waals surface area contributed by atoms with E-state index in [2.05, 4.69) is 55.2 Å². The molecule has 3 rings (SSSR count). The van der Waals surface area contributed by atoms with Crippen LogP contribution in [0, 0.1) is 0 Å². The lowest BCUT2D eigenvalue weighted by Gasteiger charge is -2.39. The third-order valence-electron chi connectivity index (χ3n) is 4.82. The minimum atomic E-state index is 0.346. The standard InChI is InChI=1S/C19H27NO/c1-3-20-17(13-12-16-8-4-7-11-19(16)20)14-15(2)21-18-9-5-6-10-18/h4-8,11,15,17-18H,3,9-10,12-14H2,1-2H3. The number of aryl methyl sites for hydroxylation is 1. The third kappa shape index (κ3) is 3.32. The van der Waals surface area contributed by atoms with Crippen molar-refractivity contribution < 1.29 is 4.74 Å². The predicted molar refractivity (Wildman–Crippen MR) is 88.9 cm³/mol. The van der Waals surface area contributed by atoms with Gasteiger partial charge in [-0.1, -0.05) is 30.4 Å². The Morgan fingerprint density at radius 3 is 2.76 bits per heavy atom. The molecule has 0 bridgehead atoms. The van der Waals surface area contributed by atoms with Gasteiger partial charge in [0.25, 0.3) is 0 Å². The summed E-state index contributed by atoms with van der Waals surface area (Å²) in [5.74, 6) is 0. The molecule has 0 saturated heterocycles. The van der Waals surface area contributed by atoms with Crippen LogP contribution in [0.5, 0.6) is 0 Å². The average Bonchev–Trinajstić information content (AvgIpc) is 2.99. The van der Waals surface area contributed by atoms with Crippen molar-refractivity contribution in [2.75, 3.05) is 11.4 Å². The molecule has 1 aliphatic carbocycles. The molecule has 0 spiro atoms. The van der Waals surface area contributed by atoms with Gasteiger partial charge in [-0.3, -0.25) is 0 Å². The van der Waals surface area contributed by atoms with Gasteiger partial charge in [0, 0.05) is 18.3 Å². The maximum atomic E-state index is 6.21. The maximum absolute atomic E-state index is 6.21. The molecule has 0 radical (unpaired) electrons. The SMILES string of the molecule is CCN1c2ccccc2CCC1CC(C)OC1CC=CC1. The van der Waals surface area contributed by atoms with Crippen molar-refractivity contribution in [1.82, 2.24) is 0 Å². The Morgan fingerprint density at radius 2 is 2.00 bits per heavy atom. The van der Waals surface area contributed by atoms with Crippen LogP contribution in [0.3, 0.4) is 0 Å². The Morgan fingerprint density at radius 1 is 1.24 bits per heavy atom. The van der Waals surface area contributed by atoms with Crippen LogP contribution in [0.15, 0.2) is 36.4 Å². The van der Waals surface area contributed by atoms with E-state index in [9.17, 15) is 0 Å². The second-order valence-corrected chi connectivity index (χ2v) is 6.35. The quantitative estimate of drug-likeness (QED) is 0.746. The number of anilines is 1. The summed E-state index contributed by atoms with van der Waals surface area (Å²) < 4.78 is 6.21. The predicted octanol–water partition coefficient (Wildman–Crippen LogP) is 4.34. The molecule has 2 atom stereocenters. The van der Waals surface area contributed by atoms with Crippen molar-refractivity contribution in [3.63, 3.8) is 0 Å². The molecule has 2 heteroatoms. The summed E-state index contributed by atoms with van der Waals surface area (Å²) in [4.78, 5) is 2.57. The highest BCUT2D eigenvalue weighted by Crippen LogP contribution is 2.32. The van der Waals surface area contributed by atoms with Crippen molar-refractivity contribution in [2.45, 2.75) is 64.2 Å². The van der Waals surface area contributed by atoms with E-state index in [4.69, 9.17) is 4.74 Å². The minimum absolute atomic E-state index is 0.346. The molecule has 114 valence electrons. The molecule has 1 heterocycles. The van der Waals surface area contributed by atoms with Gasteiger partial charge in [-0.2, -0.15) is 0 Å². The van der Waals surface area contributed by atoms with Crippen molar-refractivity contribution in [3.8, 4) is 0 Å². The monoisotopic (exact) mass is 285 g/mol. The fourth-order valence-electron chi connectivity index (χ4n) is 3.82. The largest absolute Gasteiger partial charge is 0.375 e. The van der Waals surface area contributed by atoms with Gasteiger partial charge in [0.15, 0.2) is 0 Å². The summed E-state index contributed by atoms with van der Waals surface area (Å²) >= 11 is 0. The van der Waals surface area contributed by atoms with E-state index >= 15 is 0 Å². The highest BCUT2D eigenvalue weighted by atomic mass is 16.5. The first-order valence-corrected chi connectivity index (χ1v) is 8.43. The Hall–Kier alpha value is -1.28. The Bertz CT molecular complexity index is 488. The molecule has 1 aromatic carbocycles. The molecule has 2 aliphatic rings. The number of fused-ring (bicyclic) bond motifs is 1. The zero-order valence-corrected chi connectivity index (χ0v) is 13.3. The summed E-state index contributed by atoms with van der Waals surface area (Å²) in [7, 11) is 0. The Balaban J connectivity index is 1.62. The fourth-order valence-corrected chi connectivity index (χ4v) is 3.82. The molecule has 0 saturated carbocycles. The maximum Gasteiger partial charge on any atom is 0.0647 e. The summed E-state index contributed by atoms with van der Waals surface area (Å²) in [6.45, 7) is 5.59. The third-order valence-corrected chi connectivity index (χ3v) is 4.82. The smallest absolute Gasteiger partial charge is 0.0647 e. The van der Waals surface area contributed by atoms with Gasteiger partial charge in [0.1, 0.15) is 0 Å². The number of hydrogen-bond donors (Lipinski definition) is 0. The number of nitrogens with zero attached hydrogens (tertiary/aromatic N) is 1. The van der Waals surface area contributed by atoms with Gasteiger partial charge in [0.05, 0.1) is 12.2 Å². The highest BCUT2D eigenvalue weighted by Gasteiger charge is 2.27. The van der Waals surface area contributed by atoms with Crippen LogP contribution < -0.4 is 4.90 Å². The van der Waals surface area contributed by atoms with Gasteiger partial charge >= 0.3 is 0 Å². The van der Waals surface area contributed by atoms with E-state index in [0.29, 0.717) is 18.2 Å². The lowest BCUT2D eigenvalue weighted by Crippen LogP contribution is -2.41. The normalized spacial score (nSPS) is 23.3. The molecule has 2 unspecified atom stereocenters. The van der Waals surface area contributed by atoms with Crippen LogP contribution in [0.4, 0.5) is 5.69 Å². The van der Waals surface area contributed by atoms with Crippen LogP contribution >= 0.6 is 0 Å². The van der Waals surface area contributed by atoms with Gasteiger partial charge in [-0.05, 0) is 57.6 Å². The van der Waals surface area contributed by atoms with E-state index in [-0.39, 0.29) is 0 Å². The lowest BCUT2D eigenvalue weighted by molar-refractivity contribution is -0.00274. The van der Waals surface area contributed by atoms with Crippen LogP contribution in [-0.2, 0) is 11.2 Å². The average molecular weight is 285 g/mol. The first-order chi connectivity index (χ1) is 10.3. The summed E-state index contributed by atoms with van der Waals surface area (Å²) in [5.41, 5.74) is 2.94. The summed E-state index contributed by atoms with van der Waals surface area (Å²) in [5, 5.41) is 0. The highest BCUT2D eigenvalue weighted by molar-refractivity contribution is 5.56. The topological polar surface area (TPSA) is 12.5 Å². The number of rotatable bonds is 5. The van der Waals surface area contributed by atoms with Gasteiger partial charge in [-0.15, -0.1) is 0 Å². The van der Waals surface area contributed by atoms with Gasteiger partial charge in [-0.25, -0.2) is 0 Å². The van der Waals surface area contributed by atoms with Crippen LogP contribution in [-0.4, -0.2) is 24.8 Å². The van der Waals surface area contributed by atoms with Crippen molar-refractivity contribution in [2.24, 2.45) is 0 Å². The zero-order chi connectivity index (χ0) is 14.7. The first-order valence-electron chi connectivity index (χ1n) is 8.43. The number of hydrogen-bond acceptors (Lipinski definition) is 2. The van der Waals surface area contributed by atoms with Crippen molar-refractivity contribution >= 4 is 5.69 Å².